The Labute approximate surface area is 100.0 Å². The van der Waals surface area contributed by atoms with Crippen molar-refractivity contribution in [2.24, 2.45) is 0 Å². The highest BCUT2D eigenvalue weighted by atomic mass is 32.1. The number of hydrogen-bond donors (Lipinski definition) is 1. The highest BCUT2D eigenvalue weighted by Gasteiger charge is 2.32. The predicted octanol–water partition coefficient (Wildman–Crippen LogP) is 1.95. The van der Waals surface area contributed by atoms with E-state index in [-0.39, 0.29) is 12.1 Å². The fourth-order valence-electron chi connectivity index (χ4n) is 1.71. The molecular weight excluding hydrogens is 224 g/mol. The summed E-state index contributed by atoms with van der Waals surface area (Å²) in [5.41, 5.74) is 2.94. The monoisotopic (exact) mass is 242 g/mol. The zero-order chi connectivity index (χ0) is 11.6. The van der Waals surface area contributed by atoms with Crippen molar-refractivity contribution in [2.45, 2.75) is 38.7 Å². The van der Waals surface area contributed by atoms with E-state index < -0.39 is 5.79 Å². The van der Waals surface area contributed by atoms with Crippen LogP contribution in [-0.4, -0.2) is 30.0 Å². The smallest absolute Gasteiger partial charge is 0.163 e. The van der Waals surface area contributed by atoms with Crippen LogP contribution in [0.15, 0.2) is 10.9 Å². The van der Waals surface area contributed by atoms with Crippen LogP contribution >= 0.6 is 11.3 Å². The topological polar surface area (TPSA) is 43.4 Å². The van der Waals surface area contributed by atoms with Gasteiger partial charge in [0.25, 0.3) is 0 Å². The van der Waals surface area contributed by atoms with Gasteiger partial charge in [-0.05, 0) is 20.8 Å². The Morgan fingerprint density at radius 2 is 2.50 bits per heavy atom. The van der Waals surface area contributed by atoms with Gasteiger partial charge in [0.2, 0.25) is 0 Å². The SMILES string of the molecule is CC(NCC1COC(C)(C)O1)c1cscn1. The number of nitrogens with zero attached hydrogens (tertiary/aromatic N) is 1. The third-order valence-electron chi connectivity index (χ3n) is 2.61. The van der Waals surface area contributed by atoms with E-state index >= 15 is 0 Å². The molecule has 1 aromatic rings. The molecule has 4 nitrogen and oxygen atoms in total. The van der Waals surface area contributed by atoms with E-state index in [1.807, 2.05) is 19.4 Å². The van der Waals surface area contributed by atoms with Gasteiger partial charge in [0.1, 0.15) is 0 Å². The molecule has 0 aliphatic carbocycles. The molecule has 2 rings (SSSR count). The number of ether oxygens (including phenoxy) is 2. The van der Waals surface area contributed by atoms with E-state index in [1.165, 1.54) is 0 Å². The fraction of sp³-hybridized carbons (Fsp3) is 0.727. The molecule has 1 fully saturated rings. The fourth-order valence-corrected chi connectivity index (χ4v) is 2.36. The second-order valence-electron chi connectivity index (χ2n) is 4.49. The first-order chi connectivity index (χ1) is 7.57. The normalized spacial score (nSPS) is 25.8. The lowest BCUT2D eigenvalue weighted by Crippen LogP contribution is -2.32. The Bertz CT molecular complexity index is 327. The first-order valence-electron chi connectivity index (χ1n) is 5.50. The lowest BCUT2D eigenvalue weighted by molar-refractivity contribution is -0.137. The maximum atomic E-state index is 5.71. The lowest BCUT2D eigenvalue weighted by Gasteiger charge is -2.18. The summed E-state index contributed by atoms with van der Waals surface area (Å²) in [6, 6.07) is 0.263. The standard InChI is InChI=1S/C11H18N2O2S/c1-8(10-6-16-7-13-10)12-4-9-5-14-11(2,3)15-9/h6-9,12H,4-5H2,1-3H3. The van der Waals surface area contributed by atoms with Crippen molar-refractivity contribution >= 4 is 11.3 Å². The van der Waals surface area contributed by atoms with Crippen LogP contribution in [0.2, 0.25) is 0 Å². The largest absolute Gasteiger partial charge is 0.348 e. The molecule has 2 atom stereocenters. The van der Waals surface area contributed by atoms with Crippen molar-refractivity contribution in [3.05, 3.63) is 16.6 Å². The highest BCUT2D eigenvalue weighted by Crippen LogP contribution is 2.22. The summed E-state index contributed by atoms with van der Waals surface area (Å²) >= 11 is 1.62. The number of aromatic nitrogens is 1. The van der Waals surface area contributed by atoms with Gasteiger partial charge >= 0.3 is 0 Å². The van der Waals surface area contributed by atoms with Crippen molar-refractivity contribution in [1.82, 2.24) is 10.3 Å². The summed E-state index contributed by atoms with van der Waals surface area (Å²) in [6.45, 7) is 7.44. The zero-order valence-corrected chi connectivity index (χ0v) is 10.7. The minimum Gasteiger partial charge on any atom is -0.348 e. The molecule has 2 unspecified atom stereocenters. The Morgan fingerprint density at radius 1 is 1.69 bits per heavy atom. The maximum Gasteiger partial charge on any atom is 0.163 e. The summed E-state index contributed by atoms with van der Waals surface area (Å²) in [4.78, 5) is 4.27. The van der Waals surface area contributed by atoms with E-state index in [0.29, 0.717) is 6.61 Å². The lowest BCUT2D eigenvalue weighted by atomic mass is 10.2. The van der Waals surface area contributed by atoms with Crippen molar-refractivity contribution in [2.75, 3.05) is 13.2 Å². The number of thiazole rings is 1. The molecule has 1 aliphatic rings. The van der Waals surface area contributed by atoms with E-state index in [9.17, 15) is 0 Å². The summed E-state index contributed by atoms with van der Waals surface area (Å²) < 4.78 is 11.2. The molecule has 5 heteroatoms. The highest BCUT2D eigenvalue weighted by molar-refractivity contribution is 7.07. The van der Waals surface area contributed by atoms with Crippen molar-refractivity contribution in [1.29, 1.82) is 0 Å². The molecule has 0 saturated carbocycles. The Hall–Kier alpha value is -0.490. The van der Waals surface area contributed by atoms with Crippen LogP contribution in [-0.2, 0) is 9.47 Å². The van der Waals surface area contributed by atoms with E-state index in [1.54, 1.807) is 11.3 Å². The molecule has 1 aliphatic heterocycles. The minimum atomic E-state index is -0.434. The quantitative estimate of drug-likeness (QED) is 0.876. The van der Waals surface area contributed by atoms with Gasteiger partial charge in [0.05, 0.1) is 23.9 Å². The van der Waals surface area contributed by atoms with E-state index in [4.69, 9.17) is 9.47 Å². The van der Waals surface area contributed by atoms with Crippen LogP contribution in [0.5, 0.6) is 0 Å². The van der Waals surface area contributed by atoms with Crippen molar-refractivity contribution < 1.29 is 9.47 Å². The van der Waals surface area contributed by atoms with Gasteiger partial charge < -0.3 is 14.8 Å². The van der Waals surface area contributed by atoms with Gasteiger partial charge in [0.15, 0.2) is 5.79 Å². The summed E-state index contributed by atoms with van der Waals surface area (Å²) in [5, 5.41) is 5.47. The van der Waals surface area contributed by atoms with Crippen LogP contribution in [0.1, 0.15) is 32.5 Å². The number of nitrogens with one attached hydrogen (secondary N) is 1. The first kappa shape index (κ1) is 12.0. The summed E-state index contributed by atoms with van der Waals surface area (Å²) in [7, 11) is 0. The molecule has 1 saturated heterocycles. The minimum absolute atomic E-state index is 0.135. The molecule has 2 heterocycles. The van der Waals surface area contributed by atoms with Gasteiger partial charge in [-0.25, -0.2) is 4.98 Å². The second kappa shape index (κ2) is 4.79. The molecule has 0 bridgehead atoms. The molecule has 1 N–H and O–H groups in total. The van der Waals surface area contributed by atoms with Gasteiger partial charge in [-0.3, -0.25) is 0 Å². The third kappa shape index (κ3) is 3.01. The molecule has 0 spiro atoms. The van der Waals surface area contributed by atoms with E-state index in [0.717, 1.165) is 12.2 Å². The third-order valence-corrected chi connectivity index (χ3v) is 3.22. The van der Waals surface area contributed by atoms with Crippen LogP contribution in [0.3, 0.4) is 0 Å². The van der Waals surface area contributed by atoms with Crippen molar-refractivity contribution in [3.63, 3.8) is 0 Å². The summed E-state index contributed by atoms with van der Waals surface area (Å²) in [5.74, 6) is -0.434. The average Bonchev–Trinajstić information content (AvgIpc) is 2.83. The number of rotatable bonds is 4. The molecule has 0 aromatic carbocycles. The van der Waals surface area contributed by atoms with Crippen LogP contribution in [0.25, 0.3) is 0 Å². The molecule has 0 amide bonds. The maximum absolute atomic E-state index is 5.71. The van der Waals surface area contributed by atoms with E-state index in [2.05, 4.69) is 22.6 Å². The molecular formula is C11H18N2O2S. The van der Waals surface area contributed by atoms with Gasteiger partial charge in [-0.15, -0.1) is 11.3 Å². The van der Waals surface area contributed by atoms with Crippen molar-refractivity contribution in [3.8, 4) is 0 Å². The molecule has 90 valence electrons. The Kier molecular flexibility index (Phi) is 3.59. The van der Waals surface area contributed by atoms with Crippen LogP contribution in [0.4, 0.5) is 0 Å². The number of hydrogen-bond acceptors (Lipinski definition) is 5. The Balaban J connectivity index is 1.76. The van der Waals surface area contributed by atoms with Crippen LogP contribution < -0.4 is 5.32 Å². The van der Waals surface area contributed by atoms with Gasteiger partial charge in [-0.1, -0.05) is 0 Å². The molecule has 16 heavy (non-hydrogen) atoms. The average molecular weight is 242 g/mol. The Morgan fingerprint density at radius 3 is 3.06 bits per heavy atom. The first-order valence-corrected chi connectivity index (χ1v) is 6.44. The second-order valence-corrected chi connectivity index (χ2v) is 5.21. The molecule has 0 radical (unpaired) electrons. The van der Waals surface area contributed by atoms with Gasteiger partial charge in [0, 0.05) is 18.0 Å². The predicted molar refractivity (Wildman–Crippen MR) is 63.4 cm³/mol. The zero-order valence-electron chi connectivity index (χ0n) is 9.90. The summed E-state index contributed by atoms with van der Waals surface area (Å²) in [6.07, 6.45) is 0.135. The van der Waals surface area contributed by atoms with Crippen LogP contribution in [0, 0.1) is 0 Å². The van der Waals surface area contributed by atoms with Gasteiger partial charge in [-0.2, -0.15) is 0 Å². The molecule has 1 aromatic heterocycles.